The quantitative estimate of drug-likeness (QED) is 0.795. The van der Waals surface area contributed by atoms with Crippen molar-refractivity contribution in [3.63, 3.8) is 0 Å². The van der Waals surface area contributed by atoms with E-state index in [0.717, 1.165) is 25.3 Å². The van der Waals surface area contributed by atoms with Crippen LogP contribution in [0, 0.1) is 5.92 Å². The minimum absolute atomic E-state index is 0.408. The van der Waals surface area contributed by atoms with Gasteiger partial charge in [-0.15, -0.1) is 5.10 Å². The molecule has 0 unspecified atom stereocenters. The van der Waals surface area contributed by atoms with E-state index in [-0.39, 0.29) is 0 Å². The lowest BCUT2D eigenvalue weighted by atomic mass is 9.87. The molecule has 7 heteroatoms. The number of aryl methyl sites for hydroxylation is 1. The van der Waals surface area contributed by atoms with Crippen LogP contribution in [0.15, 0.2) is 24.4 Å². The minimum Gasteiger partial charge on any atom is -0.480 e. The summed E-state index contributed by atoms with van der Waals surface area (Å²) in [7, 11) is 8.01. The summed E-state index contributed by atoms with van der Waals surface area (Å²) >= 11 is 0. The van der Waals surface area contributed by atoms with Crippen LogP contribution in [0.4, 0.5) is 0 Å². The second-order valence-corrected chi connectivity index (χ2v) is 6.97. The van der Waals surface area contributed by atoms with Crippen molar-refractivity contribution in [1.29, 1.82) is 0 Å². The Labute approximate surface area is 149 Å². The zero-order chi connectivity index (χ0) is 17.8. The predicted octanol–water partition coefficient (Wildman–Crippen LogP) is 1.73. The summed E-state index contributed by atoms with van der Waals surface area (Å²) in [6.07, 6.45) is 4.37. The molecule has 1 saturated heterocycles. The Kier molecular flexibility index (Phi) is 5.65. The molecule has 0 saturated carbocycles. The maximum absolute atomic E-state index is 5.07. The van der Waals surface area contributed by atoms with Crippen molar-refractivity contribution in [2.24, 2.45) is 13.0 Å². The molecule has 1 aliphatic rings. The Morgan fingerprint density at radius 1 is 1.24 bits per heavy atom. The maximum atomic E-state index is 5.07. The number of hydrogen-bond acceptors (Lipinski definition) is 6. The molecule has 136 valence electrons. The van der Waals surface area contributed by atoms with E-state index < -0.39 is 0 Å². The van der Waals surface area contributed by atoms with E-state index in [1.807, 2.05) is 30.1 Å². The molecule has 0 aromatic carbocycles. The number of rotatable bonds is 6. The topological polar surface area (TPSA) is 59.3 Å². The van der Waals surface area contributed by atoms with Crippen LogP contribution in [-0.2, 0) is 13.6 Å². The third-order valence-electron chi connectivity index (χ3n) is 5.05. The second kappa shape index (κ2) is 7.93. The van der Waals surface area contributed by atoms with Gasteiger partial charge in [-0.05, 0) is 51.5 Å². The lowest BCUT2D eigenvalue weighted by Gasteiger charge is -2.40. The van der Waals surface area contributed by atoms with Gasteiger partial charge in [-0.1, -0.05) is 0 Å². The highest BCUT2D eigenvalue weighted by molar-refractivity contribution is 5.12. The molecule has 0 radical (unpaired) electrons. The summed E-state index contributed by atoms with van der Waals surface area (Å²) in [5, 5.41) is 12.7. The van der Waals surface area contributed by atoms with Gasteiger partial charge in [0.2, 0.25) is 5.88 Å². The molecule has 7 nitrogen and oxygen atoms in total. The van der Waals surface area contributed by atoms with Crippen molar-refractivity contribution in [1.82, 2.24) is 29.8 Å². The van der Waals surface area contributed by atoms with Crippen LogP contribution in [0.3, 0.4) is 0 Å². The fourth-order valence-electron chi connectivity index (χ4n) is 3.87. The smallest absolute Gasteiger partial charge is 0.233 e. The zero-order valence-corrected chi connectivity index (χ0v) is 15.6. The second-order valence-electron chi connectivity index (χ2n) is 6.97. The summed E-state index contributed by atoms with van der Waals surface area (Å²) < 4.78 is 7.08. The van der Waals surface area contributed by atoms with Gasteiger partial charge in [0.05, 0.1) is 24.5 Å². The van der Waals surface area contributed by atoms with Gasteiger partial charge in [0.25, 0.3) is 0 Å². The number of piperidine rings is 1. The number of hydrogen-bond donors (Lipinski definition) is 0. The maximum Gasteiger partial charge on any atom is 0.233 e. The highest BCUT2D eigenvalue weighted by Crippen LogP contribution is 2.35. The Morgan fingerprint density at radius 2 is 2.08 bits per heavy atom. The molecule has 0 bridgehead atoms. The number of aromatic nitrogens is 4. The van der Waals surface area contributed by atoms with Crippen molar-refractivity contribution >= 4 is 0 Å². The molecular weight excluding hydrogens is 316 g/mol. The van der Waals surface area contributed by atoms with Crippen LogP contribution >= 0.6 is 0 Å². The largest absolute Gasteiger partial charge is 0.480 e. The lowest BCUT2D eigenvalue weighted by molar-refractivity contribution is 0.0869. The van der Waals surface area contributed by atoms with Crippen molar-refractivity contribution in [3.8, 4) is 5.88 Å². The molecule has 0 N–H and O–H groups in total. The fraction of sp³-hybridized carbons (Fsp3) is 0.611. The van der Waals surface area contributed by atoms with Crippen LogP contribution in [0.1, 0.15) is 30.3 Å². The van der Waals surface area contributed by atoms with Crippen LogP contribution in [-0.4, -0.2) is 64.1 Å². The highest BCUT2D eigenvalue weighted by atomic mass is 16.5. The molecule has 2 atom stereocenters. The normalized spacial score (nSPS) is 21.6. The van der Waals surface area contributed by atoms with Crippen molar-refractivity contribution in [2.75, 3.05) is 34.3 Å². The molecule has 2 aromatic rings. The molecule has 3 rings (SSSR count). The van der Waals surface area contributed by atoms with E-state index in [1.54, 1.807) is 7.11 Å². The van der Waals surface area contributed by atoms with Gasteiger partial charge in [-0.2, -0.15) is 10.2 Å². The van der Waals surface area contributed by atoms with Gasteiger partial charge < -0.3 is 9.64 Å². The van der Waals surface area contributed by atoms with Crippen LogP contribution < -0.4 is 4.74 Å². The van der Waals surface area contributed by atoms with Crippen molar-refractivity contribution in [2.45, 2.75) is 25.4 Å². The monoisotopic (exact) mass is 344 g/mol. The highest BCUT2D eigenvalue weighted by Gasteiger charge is 2.32. The first kappa shape index (κ1) is 17.8. The summed E-state index contributed by atoms with van der Waals surface area (Å²) in [6.45, 7) is 2.95. The van der Waals surface area contributed by atoms with E-state index in [0.29, 0.717) is 17.8 Å². The summed E-state index contributed by atoms with van der Waals surface area (Å²) in [4.78, 5) is 4.80. The Morgan fingerprint density at radius 3 is 2.72 bits per heavy atom. The molecular formula is C18H28N6O. The van der Waals surface area contributed by atoms with E-state index in [2.05, 4.69) is 45.3 Å². The molecule has 0 aliphatic carbocycles. The van der Waals surface area contributed by atoms with Gasteiger partial charge in [0, 0.05) is 32.4 Å². The number of ether oxygens (including phenoxy) is 1. The van der Waals surface area contributed by atoms with E-state index in [1.165, 1.54) is 18.5 Å². The summed E-state index contributed by atoms with van der Waals surface area (Å²) in [5.74, 6) is 1.13. The first-order valence-corrected chi connectivity index (χ1v) is 8.81. The summed E-state index contributed by atoms with van der Waals surface area (Å²) in [5.41, 5.74) is 2.26. The Balaban J connectivity index is 1.67. The van der Waals surface area contributed by atoms with Crippen LogP contribution in [0.25, 0.3) is 0 Å². The Hall–Kier alpha value is -1.99. The van der Waals surface area contributed by atoms with E-state index >= 15 is 0 Å². The standard InChI is InChI=1S/C18H28N6O/c1-22(13-15-7-8-17(25-4)21-20-15)12-14-6-5-11-23(2)18(14)16-9-10-19-24(16)3/h7-10,14,18H,5-6,11-13H2,1-4H3/t14-,18+/m0/s1. The fourth-order valence-corrected chi connectivity index (χ4v) is 3.87. The van der Waals surface area contributed by atoms with Gasteiger partial charge in [0.1, 0.15) is 0 Å². The third kappa shape index (κ3) is 4.16. The third-order valence-corrected chi connectivity index (χ3v) is 5.05. The first-order valence-electron chi connectivity index (χ1n) is 8.81. The van der Waals surface area contributed by atoms with Crippen LogP contribution in [0.2, 0.25) is 0 Å². The average molecular weight is 344 g/mol. The SMILES string of the molecule is COc1ccc(CN(C)C[C@@H]2CCCN(C)[C@H]2c2ccnn2C)nn1. The first-order chi connectivity index (χ1) is 12.1. The molecule has 3 heterocycles. The average Bonchev–Trinajstić information content (AvgIpc) is 3.01. The minimum atomic E-state index is 0.408. The molecule has 25 heavy (non-hydrogen) atoms. The summed E-state index contributed by atoms with van der Waals surface area (Å²) in [6, 6.07) is 6.40. The molecule has 1 fully saturated rings. The van der Waals surface area contributed by atoms with Crippen LogP contribution in [0.5, 0.6) is 5.88 Å². The van der Waals surface area contributed by atoms with Gasteiger partial charge in [-0.25, -0.2) is 0 Å². The zero-order valence-electron chi connectivity index (χ0n) is 15.6. The lowest BCUT2D eigenvalue weighted by Crippen LogP contribution is -2.41. The predicted molar refractivity (Wildman–Crippen MR) is 96.2 cm³/mol. The van der Waals surface area contributed by atoms with Crippen molar-refractivity contribution < 1.29 is 4.74 Å². The van der Waals surface area contributed by atoms with Gasteiger partial charge in [-0.3, -0.25) is 9.58 Å². The molecule has 2 aromatic heterocycles. The van der Waals surface area contributed by atoms with E-state index in [4.69, 9.17) is 4.74 Å². The Bertz CT molecular complexity index is 670. The molecule has 0 spiro atoms. The molecule has 0 amide bonds. The molecule has 1 aliphatic heterocycles. The number of likely N-dealkylation sites (tertiary alicyclic amines) is 1. The number of nitrogens with zero attached hydrogens (tertiary/aromatic N) is 6. The van der Waals surface area contributed by atoms with E-state index in [9.17, 15) is 0 Å². The van der Waals surface area contributed by atoms with Gasteiger partial charge >= 0.3 is 0 Å². The number of methoxy groups -OCH3 is 1. The van der Waals surface area contributed by atoms with Gasteiger partial charge in [0.15, 0.2) is 0 Å². The van der Waals surface area contributed by atoms with Crippen molar-refractivity contribution in [3.05, 3.63) is 35.8 Å².